The van der Waals surface area contributed by atoms with Gasteiger partial charge >= 0.3 is 6.03 Å². The Labute approximate surface area is 116 Å². The van der Waals surface area contributed by atoms with Crippen LogP contribution in [-0.4, -0.2) is 55.1 Å². The lowest BCUT2D eigenvalue weighted by atomic mass is 9.68. The van der Waals surface area contributed by atoms with Crippen LogP contribution in [0.5, 0.6) is 0 Å². The second-order valence-electron chi connectivity index (χ2n) is 6.57. The number of hydrogen-bond donors (Lipinski definition) is 1. The summed E-state index contributed by atoms with van der Waals surface area (Å²) in [6, 6.07) is 0.284. The van der Waals surface area contributed by atoms with Gasteiger partial charge in [0.05, 0.1) is 0 Å². The van der Waals surface area contributed by atoms with Crippen LogP contribution in [0.4, 0.5) is 4.79 Å². The highest BCUT2D eigenvalue weighted by molar-refractivity contribution is 5.74. The number of carbonyl (C=O) groups is 1. The molecule has 0 aromatic carbocycles. The molecule has 19 heavy (non-hydrogen) atoms. The normalized spacial score (nSPS) is 27.6. The molecule has 4 heteroatoms. The number of urea groups is 1. The molecular weight excluding hydrogens is 238 g/mol. The molecule has 108 valence electrons. The molecule has 0 aromatic heterocycles. The fourth-order valence-corrected chi connectivity index (χ4v) is 4.03. The first kappa shape index (κ1) is 13.2. The Balaban J connectivity index is 1.52. The summed E-state index contributed by atoms with van der Waals surface area (Å²) < 4.78 is 0. The van der Waals surface area contributed by atoms with Gasteiger partial charge in [-0.25, -0.2) is 4.79 Å². The van der Waals surface area contributed by atoms with Gasteiger partial charge in [-0.05, 0) is 31.1 Å². The summed E-state index contributed by atoms with van der Waals surface area (Å²) >= 11 is 0. The van der Waals surface area contributed by atoms with Crippen molar-refractivity contribution in [2.24, 2.45) is 5.41 Å². The van der Waals surface area contributed by atoms with E-state index < -0.39 is 0 Å². The second-order valence-corrected chi connectivity index (χ2v) is 6.57. The average Bonchev–Trinajstić information content (AvgIpc) is 2.49. The van der Waals surface area contributed by atoms with Crippen LogP contribution in [0, 0.1) is 5.41 Å². The third-order valence-electron chi connectivity index (χ3n) is 5.40. The first-order chi connectivity index (χ1) is 9.29. The quantitative estimate of drug-likeness (QED) is 0.727. The van der Waals surface area contributed by atoms with Crippen molar-refractivity contribution in [3.8, 4) is 0 Å². The maximum absolute atomic E-state index is 12.4. The van der Waals surface area contributed by atoms with Crippen LogP contribution in [0.1, 0.15) is 44.9 Å². The Morgan fingerprint density at radius 2 is 1.37 bits per heavy atom. The topological polar surface area (TPSA) is 35.6 Å². The first-order valence-electron chi connectivity index (χ1n) is 8.04. The lowest BCUT2D eigenvalue weighted by molar-refractivity contribution is 0.0676. The van der Waals surface area contributed by atoms with Gasteiger partial charge in [0, 0.05) is 39.3 Å². The van der Waals surface area contributed by atoms with E-state index in [1.807, 2.05) is 4.90 Å². The summed E-state index contributed by atoms with van der Waals surface area (Å²) in [5, 5.41) is 3.31. The predicted octanol–water partition coefficient (Wildman–Crippen LogP) is 2.06. The van der Waals surface area contributed by atoms with E-state index in [1.165, 1.54) is 44.9 Å². The van der Waals surface area contributed by atoms with Gasteiger partial charge in [0.25, 0.3) is 0 Å². The van der Waals surface area contributed by atoms with Crippen LogP contribution in [0.25, 0.3) is 0 Å². The number of piperazine rings is 1. The third-order valence-corrected chi connectivity index (χ3v) is 5.40. The van der Waals surface area contributed by atoms with E-state index in [0.29, 0.717) is 5.41 Å². The summed E-state index contributed by atoms with van der Waals surface area (Å²) in [4.78, 5) is 16.6. The number of piperidine rings is 1. The Morgan fingerprint density at radius 1 is 0.789 bits per heavy atom. The van der Waals surface area contributed by atoms with E-state index in [2.05, 4.69) is 10.2 Å². The summed E-state index contributed by atoms with van der Waals surface area (Å²) in [6.45, 7) is 5.62. The minimum absolute atomic E-state index is 0.284. The highest BCUT2D eigenvalue weighted by atomic mass is 16.2. The van der Waals surface area contributed by atoms with Crippen molar-refractivity contribution in [1.82, 2.24) is 15.1 Å². The van der Waals surface area contributed by atoms with Crippen molar-refractivity contribution in [1.29, 1.82) is 0 Å². The number of rotatable bonds is 0. The molecular formula is C15H27N3O. The molecule has 0 atom stereocenters. The SMILES string of the molecule is O=C(N1CCNCC1)N1CCC2(CCCCC2)CC1. The lowest BCUT2D eigenvalue weighted by Crippen LogP contribution is -2.54. The smallest absolute Gasteiger partial charge is 0.320 e. The molecule has 1 saturated carbocycles. The van der Waals surface area contributed by atoms with E-state index in [1.54, 1.807) is 0 Å². The highest BCUT2D eigenvalue weighted by Gasteiger charge is 2.37. The number of likely N-dealkylation sites (tertiary alicyclic amines) is 1. The molecule has 4 nitrogen and oxygen atoms in total. The van der Waals surface area contributed by atoms with Crippen LogP contribution in [0.2, 0.25) is 0 Å². The van der Waals surface area contributed by atoms with Gasteiger partial charge in [-0.1, -0.05) is 19.3 Å². The Kier molecular flexibility index (Phi) is 3.96. The molecule has 3 aliphatic rings. The fraction of sp³-hybridized carbons (Fsp3) is 0.933. The van der Waals surface area contributed by atoms with Crippen molar-refractivity contribution < 1.29 is 4.79 Å². The summed E-state index contributed by atoms with van der Waals surface area (Å²) in [6.07, 6.45) is 9.53. The molecule has 2 saturated heterocycles. The molecule has 3 rings (SSSR count). The molecule has 0 unspecified atom stereocenters. The Bertz CT molecular complexity index is 309. The molecule has 0 bridgehead atoms. The molecule has 0 aromatic rings. The standard InChI is InChI=1S/C15H27N3O/c19-14(18-12-8-16-9-13-18)17-10-6-15(7-11-17)4-2-1-3-5-15/h16H,1-13H2. The summed E-state index contributed by atoms with van der Waals surface area (Å²) in [5.41, 5.74) is 0.596. The van der Waals surface area contributed by atoms with E-state index >= 15 is 0 Å². The summed E-state index contributed by atoms with van der Waals surface area (Å²) in [5.74, 6) is 0. The molecule has 3 fully saturated rings. The van der Waals surface area contributed by atoms with Gasteiger partial charge in [-0.2, -0.15) is 0 Å². The minimum Gasteiger partial charge on any atom is -0.325 e. The molecule has 1 spiro atoms. The van der Waals surface area contributed by atoms with E-state index in [-0.39, 0.29) is 6.03 Å². The molecule has 1 N–H and O–H groups in total. The van der Waals surface area contributed by atoms with Gasteiger partial charge in [0.2, 0.25) is 0 Å². The average molecular weight is 265 g/mol. The maximum Gasteiger partial charge on any atom is 0.320 e. The van der Waals surface area contributed by atoms with E-state index in [0.717, 1.165) is 39.3 Å². The Morgan fingerprint density at radius 3 is 2.00 bits per heavy atom. The number of amides is 2. The van der Waals surface area contributed by atoms with Crippen molar-refractivity contribution in [3.63, 3.8) is 0 Å². The van der Waals surface area contributed by atoms with Crippen molar-refractivity contribution >= 4 is 6.03 Å². The van der Waals surface area contributed by atoms with Crippen LogP contribution < -0.4 is 5.32 Å². The van der Waals surface area contributed by atoms with Gasteiger partial charge in [0.1, 0.15) is 0 Å². The van der Waals surface area contributed by atoms with Crippen LogP contribution in [0.15, 0.2) is 0 Å². The largest absolute Gasteiger partial charge is 0.325 e. The fourth-order valence-electron chi connectivity index (χ4n) is 4.03. The van der Waals surface area contributed by atoms with Gasteiger partial charge in [-0.15, -0.1) is 0 Å². The zero-order valence-electron chi connectivity index (χ0n) is 12.0. The second kappa shape index (κ2) is 5.70. The first-order valence-corrected chi connectivity index (χ1v) is 8.04. The number of nitrogens with zero attached hydrogens (tertiary/aromatic N) is 2. The molecule has 2 heterocycles. The summed E-state index contributed by atoms with van der Waals surface area (Å²) in [7, 11) is 0. The van der Waals surface area contributed by atoms with Crippen molar-refractivity contribution in [2.45, 2.75) is 44.9 Å². The van der Waals surface area contributed by atoms with Crippen molar-refractivity contribution in [2.75, 3.05) is 39.3 Å². The van der Waals surface area contributed by atoms with Crippen LogP contribution in [-0.2, 0) is 0 Å². The molecule has 0 radical (unpaired) electrons. The minimum atomic E-state index is 0.284. The zero-order valence-corrected chi connectivity index (χ0v) is 12.0. The maximum atomic E-state index is 12.4. The Hall–Kier alpha value is -0.770. The molecule has 2 amide bonds. The number of hydrogen-bond acceptors (Lipinski definition) is 2. The lowest BCUT2D eigenvalue weighted by Gasteiger charge is -2.45. The van der Waals surface area contributed by atoms with Crippen LogP contribution in [0.3, 0.4) is 0 Å². The predicted molar refractivity (Wildman–Crippen MR) is 76.2 cm³/mol. The van der Waals surface area contributed by atoms with E-state index in [9.17, 15) is 4.79 Å². The highest BCUT2D eigenvalue weighted by Crippen LogP contribution is 2.44. The van der Waals surface area contributed by atoms with Crippen molar-refractivity contribution in [3.05, 3.63) is 0 Å². The van der Waals surface area contributed by atoms with E-state index in [4.69, 9.17) is 0 Å². The monoisotopic (exact) mass is 265 g/mol. The number of carbonyl (C=O) groups excluding carboxylic acids is 1. The zero-order chi connectivity index (χ0) is 13.1. The van der Waals surface area contributed by atoms with Gasteiger partial charge < -0.3 is 15.1 Å². The molecule has 1 aliphatic carbocycles. The van der Waals surface area contributed by atoms with Gasteiger partial charge in [-0.3, -0.25) is 0 Å². The van der Waals surface area contributed by atoms with Gasteiger partial charge in [0.15, 0.2) is 0 Å². The number of nitrogens with one attached hydrogen (secondary N) is 1. The third kappa shape index (κ3) is 2.88. The van der Waals surface area contributed by atoms with Crippen LogP contribution >= 0.6 is 0 Å². The molecule has 2 aliphatic heterocycles.